The molecule has 20 heavy (non-hydrogen) atoms. The number of methoxy groups -OCH3 is 1. The van der Waals surface area contributed by atoms with E-state index in [1.807, 2.05) is 13.8 Å². The molecule has 1 aliphatic heterocycles. The fourth-order valence-electron chi connectivity index (χ4n) is 1.76. The quantitative estimate of drug-likeness (QED) is 0.803. The van der Waals surface area contributed by atoms with E-state index in [1.54, 1.807) is 19.2 Å². The summed E-state index contributed by atoms with van der Waals surface area (Å²) in [5, 5.41) is 2.72. The standard InChI is InChI=1S/C14H20N2O4/c1-14(2,18-3)4-5-19-11-7-10-12(6-9(11)15)20-8-13(17)16-10/h6-7H,4-5,8,15H2,1-3H3,(H,16,17). The van der Waals surface area contributed by atoms with Crippen LogP contribution in [0.4, 0.5) is 11.4 Å². The van der Waals surface area contributed by atoms with Gasteiger partial charge in [0.1, 0.15) is 11.5 Å². The van der Waals surface area contributed by atoms with E-state index in [0.29, 0.717) is 29.5 Å². The third-order valence-electron chi connectivity index (χ3n) is 3.26. The van der Waals surface area contributed by atoms with Crippen molar-refractivity contribution in [3.8, 4) is 11.5 Å². The smallest absolute Gasteiger partial charge is 0.262 e. The average molecular weight is 280 g/mol. The lowest BCUT2D eigenvalue weighted by atomic mass is 10.1. The van der Waals surface area contributed by atoms with Crippen LogP contribution in [-0.4, -0.2) is 31.8 Å². The molecule has 0 atom stereocenters. The molecular formula is C14H20N2O4. The van der Waals surface area contributed by atoms with Gasteiger partial charge < -0.3 is 25.3 Å². The van der Waals surface area contributed by atoms with Crippen LogP contribution in [-0.2, 0) is 9.53 Å². The SMILES string of the molecule is COC(C)(C)CCOc1cc2c(cc1N)OCC(=O)N2. The maximum atomic E-state index is 11.3. The zero-order valence-electron chi connectivity index (χ0n) is 12.0. The number of nitrogen functional groups attached to an aromatic ring is 1. The van der Waals surface area contributed by atoms with Gasteiger partial charge in [0.15, 0.2) is 6.61 Å². The van der Waals surface area contributed by atoms with E-state index in [4.69, 9.17) is 19.9 Å². The Kier molecular flexibility index (Phi) is 4.04. The number of carbonyl (C=O) groups excluding carboxylic acids is 1. The molecule has 110 valence electrons. The molecule has 2 rings (SSSR count). The molecule has 3 N–H and O–H groups in total. The largest absolute Gasteiger partial charge is 0.491 e. The Morgan fingerprint density at radius 1 is 1.45 bits per heavy atom. The van der Waals surface area contributed by atoms with Crippen LogP contribution in [0.1, 0.15) is 20.3 Å². The Hall–Kier alpha value is -1.95. The van der Waals surface area contributed by atoms with Gasteiger partial charge in [-0.05, 0) is 13.8 Å². The van der Waals surface area contributed by atoms with Crippen LogP contribution in [0.3, 0.4) is 0 Å². The van der Waals surface area contributed by atoms with Crippen molar-refractivity contribution in [1.29, 1.82) is 0 Å². The Labute approximate surface area is 118 Å². The molecule has 1 amide bonds. The molecule has 6 nitrogen and oxygen atoms in total. The minimum atomic E-state index is -0.250. The Balaban J connectivity index is 2.05. The molecule has 6 heteroatoms. The second-order valence-electron chi connectivity index (χ2n) is 5.29. The van der Waals surface area contributed by atoms with Crippen LogP contribution in [0.5, 0.6) is 11.5 Å². The van der Waals surface area contributed by atoms with Crippen LogP contribution >= 0.6 is 0 Å². The summed E-state index contributed by atoms with van der Waals surface area (Å²) in [6.07, 6.45) is 0.725. The maximum absolute atomic E-state index is 11.3. The van der Waals surface area contributed by atoms with Crippen molar-refractivity contribution in [2.45, 2.75) is 25.9 Å². The number of carbonyl (C=O) groups is 1. The zero-order valence-corrected chi connectivity index (χ0v) is 12.0. The van der Waals surface area contributed by atoms with Gasteiger partial charge in [0.25, 0.3) is 5.91 Å². The second-order valence-corrected chi connectivity index (χ2v) is 5.29. The normalized spacial score (nSPS) is 14.2. The van der Waals surface area contributed by atoms with Crippen molar-refractivity contribution in [3.63, 3.8) is 0 Å². The number of ether oxygens (including phenoxy) is 3. The number of amides is 1. The molecule has 1 heterocycles. The predicted molar refractivity (Wildman–Crippen MR) is 76.2 cm³/mol. The van der Waals surface area contributed by atoms with Crippen molar-refractivity contribution in [2.75, 3.05) is 31.4 Å². The van der Waals surface area contributed by atoms with Gasteiger partial charge in [0.2, 0.25) is 0 Å². The van der Waals surface area contributed by atoms with Gasteiger partial charge >= 0.3 is 0 Å². The maximum Gasteiger partial charge on any atom is 0.262 e. The summed E-state index contributed by atoms with van der Waals surface area (Å²) in [7, 11) is 1.67. The van der Waals surface area contributed by atoms with Gasteiger partial charge in [0, 0.05) is 25.7 Å². The van der Waals surface area contributed by atoms with Crippen LogP contribution < -0.4 is 20.5 Å². The minimum absolute atomic E-state index is 0.00860. The first-order valence-corrected chi connectivity index (χ1v) is 6.45. The molecule has 0 aromatic heterocycles. The molecule has 0 unspecified atom stereocenters. The molecule has 1 aromatic carbocycles. The van der Waals surface area contributed by atoms with Crippen molar-refractivity contribution in [1.82, 2.24) is 0 Å². The highest BCUT2D eigenvalue weighted by atomic mass is 16.5. The van der Waals surface area contributed by atoms with E-state index in [2.05, 4.69) is 5.32 Å². The van der Waals surface area contributed by atoms with E-state index < -0.39 is 0 Å². The Bertz CT molecular complexity index is 514. The summed E-state index contributed by atoms with van der Waals surface area (Å²) in [6, 6.07) is 3.34. The monoisotopic (exact) mass is 280 g/mol. The summed E-state index contributed by atoms with van der Waals surface area (Å²) in [4.78, 5) is 11.3. The number of hydrogen-bond acceptors (Lipinski definition) is 5. The van der Waals surface area contributed by atoms with E-state index >= 15 is 0 Å². The number of anilines is 2. The fraction of sp³-hybridized carbons (Fsp3) is 0.500. The molecule has 0 saturated carbocycles. The lowest BCUT2D eigenvalue weighted by Gasteiger charge is -2.23. The number of benzene rings is 1. The topological polar surface area (TPSA) is 82.8 Å². The number of fused-ring (bicyclic) bond motifs is 1. The summed E-state index contributed by atoms with van der Waals surface area (Å²) in [6.45, 7) is 4.45. The highest BCUT2D eigenvalue weighted by Crippen LogP contribution is 2.36. The Morgan fingerprint density at radius 2 is 2.20 bits per heavy atom. The number of nitrogens with one attached hydrogen (secondary N) is 1. The summed E-state index contributed by atoms with van der Waals surface area (Å²) in [5.41, 5.74) is 6.72. The zero-order chi connectivity index (χ0) is 14.8. The van der Waals surface area contributed by atoms with Crippen LogP contribution in [0, 0.1) is 0 Å². The van der Waals surface area contributed by atoms with Gasteiger partial charge in [-0.25, -0.2) is 0 Å². The van der Waals surface area contributed by atoms with E-state index in [0.717, 1.165) is 6.42 Å². The highest BCUT2D eigenvalue weighted by molar-refractivity contribution is 5.96. The van der Waals surface area contributed by atoms with Gasteiger partial charge in [0.05, 0.1) is 23.6 Å². The molecule has 1 aliphatic rings. The van der Waals surface area contributed by atoms with Crippen LogP contribution in [0.15, 0.2) is 12.1 Å². The van der Waals surface area contributed by atoms with E-state index in [9.17, 15) is 4.79 Å². The lowest BCUT2D eigenvalue weighted by Crippen LogP contribution is -2.26. The molecule has 0 fully saturated rings. The van der Waals surface area contributed by atoms with Gasteiger partial charge in [-0.3, -0.25) is 4.79 Å². The third-order valence-corrected chi connectivity index (χ3v) is 3.26. The lowest BCUT2D eigenvalue weighted by molar-refractivity contribution is -0.118. The number of nitrogens with two attached hydrogens (primary N) is 1. The number of rotatable bonds is 5. The highest BCUT2D eigenvalue weighted by Gasteiger charge is 2.20. The Morgan fingerprint density at radius 3 is 2.90 bits per heavy atom. The second kappa shape index (κ2) is 5.58. The minimum Gasteiger partial charge on any atom is -0.491 e. The first-order chi connectivity index (χ1) is 9.41. The summed E-state index contributed by atoms with van der Waals surface area (Å²) in [5.74, 6) is 0.905. The predicted octanol–water partition coefficient (Wildman–Crippen LogP) is 1.79. The van der Waals surface area contributed by atoms with Gasteiger partial charge in [-0.15, -0.1) is 0 Å². The number of hydrogen-bond donors (Lipinski definition) is 2. The van der Waals surface area contributed by atoms with Gasteiger partial charge in [-0.2, -0.15) is 0 Å². The van der Waals surface area contributed by atoms with Crippen LogP contribution in [0.25, 0.3) is 0 Å². The van der Waals surface area contributed by atoms with E-state index in [-0.39, 0.29) is 18.1 Å². The van der Waals surface area contributed by atoms with Crippen molar-refractivity contribution in [2.24, 2.45) is 0 Å². The first-order valence-electron chi connectivity index (χ1n) is 6.45. The molecular weight excluding hydrogens is 260 g/mol. The van der Waals surface area contributed by atoms with Crippen molar-refractivity contribution >= 4 is 17.3 Å². The van der Waals surface area contributed by atoms with Crippen LogP contribution in [0.2, 0.25) is 0 Å². The summed E-state index contributed by atoms with van der Waals surface area (Å²) < 4.78 is 16.3. The molecule has 1 aromatic rings. The molecule has 0 radical (unpaired) electrons. The molecule has 0 bridgehead atoms. The van der Waals surface area contributed by atoms with Crippen molar-refractivity contribution in [3.05, 3.63) is 12.1 Å². The molecule has 0 aliphatic carbocycles. The summed E-state index contributed by atoms with van der Waals surface area (Å²) >= 11 is 0. The van der Waals surface area contributed by atoms with Gasteiger partial charge in [-0.1, -0.05) is 0 Å². The van der Waals surface area contributed by atoms with Crippen molar-refractivity contribution < 1.29 is 19.0 Å². The first kappa shape index (κ1) is 14.5. The average Bonchev–Trinajstić information content (AvgIpc) is 2.40. The third kappa shape index (κ3) is 3.33. The fourth-order valence-corrected chi connectivity index (χ4v) is 1.76. The molecule has 0 spiro atoms. The molecule has 0 saturated heterocycles. The van der Waals surface area contributed by atoms with E-state index in [1.165, 1.54) is 0 Å².